The van der Waals surface area contributed by atoms with Gasteiger partial charge in [-0.3, -0.25) is 0 Å². The molecular weight excluding hydrogens is 717 g/mol. The van der Waals surface area contributed by atoms with E-state index in [-0.39, 0.29) is 12.0 Å². The lowest BCUT2D eigenvalue weighted by Crippen LogP contribution is -2.34. The van der Waals surface area contributed by atoms with Crippen molar-refractivity contribution in [1.29, 1.82) is 0 Å². The van der Waals surface area contributed by atoms with Crippen molar-refractivity contribution in [3.05, 3.63) is 228 Å². The van der Waals surface area contributed by atoms with Crippen LogP contribution in [0.5, 0.6) is 0 Å². The molecule has 8 aromatic carbocycles. The zero-order valence-corrected chi connectivity index (χ0v) is 32.1. The molecule has 0 amide bonds. The van der Waals surface area contributed by atoms with Crippen LogP contribution in [-0.2, 0) is 6.42 Å². The van der Waals surface area contributed by atoms with E-state index in [0.717, 1.165) is 40.2 Å². The minimum absolute atomic E-state index is 0.0275. The van der Waals surface area contributed by atoms with E-state index in [9.17, 15) is 0 Å². The van der Waals surface area contributed by atoms with Gasteiger partial charge in [0.25, 0.3) is 0 Å². The predicted octanol–water partition coefficient (Wildman–Crippen LogP) is 13.1. The standard InChI is InChI=1S/C55H36N4/c1-3-14-34(15-4-1)54-42-22-9-11-24-47(42)56-55(57-54)59-50-29-27-36(35-26-28-49-44(31-35)41-21-10-12-25-48(41)58(49)39-18-5-2-6-19-39)32-46(50)53-43-23-13-17-38-30-37-16-7-8-20-40(37)45(52(38)43)33-51(53)59/h1-29,31-33,51,53H,30H2. The Hall–Kier alpha value is -7.56. The fourth-order valence-electron chi connectivity index (χ4n) is 10.4. The first kappa shape index (κ1) is 32.5. The van der Waals surface area contributed by atoms with E-state index in [1.54, 1.807) is 0 Å². The van der Waals surface area contributed by atoms with Crippen molar-refractivity contribution in [2.45, 2.75) is 18.4 Å². The van der Waals surface area contributed by atoms with Crippen LogP contribution in [0.15, 0.2) is 194 Å². The molecular formula is C55H36N4. The normalized spacial score (nSPS) is 16.1. The van der Waals surface area contributed by atoms with Crippen molar-refractivity contribution < 1.29 is 0 Å². The van der Waals surface area contributed by atoms with E-state index in [0.29, 0.717) is 0 Å². The molecule has 0 N–H and O–H groups in total. The quantitative estimate of drug-likeness (QED) is 0.180. The Labute approximate surface area is 342 Å². The third-order valence-corrected chi connectivity index (χ3v) is 12.9. The molecule has 0 fully saturated rings. The average Bonchev–Trinajstić information content (AvgIpc) is 3.81. The average molecular weight is 753 g/mol. The zero-order chi connectivity index (χ0) is 38.6. The summed E-state index contributed by atoms with van der Waals surface area (Å²) in [5.74, 6) is 0.813. The number of anilines is 2. The van der Waals surface area contributed by atoms with E-state index >= 15 is 0 Å². The van der Waals surface area contributed by atoms with Crippen LogP contribution < -0.4 is 4.90 Å². The number of rotatable bonds is 4. The largest absolute Gasteiger partial charge is 0.309 e. The predicted molar refractivity (Wildman–Crippen MR) is 242 cm³/mol. The van der Waals surface area contributed by atoms with Crippen molar-refractivity contribution in [1.82, 2.24) is 14.5 Å². The molecule has 0 spiro atoms. The van der Waals surface area contributed by atoms with Crippen LogP contribution in [-0.4, -0.2) is 20.6 Å². The first-order valence-electron chi connectivity index (χ1n) is 20.5. The van der Waals surface area contributed by atoms with E-state index in [2.05, 4.69) is 204 Å². The second-order valence-electron chi connectivity index (χ2n) is 16.1. The van der Waals surface area contributed by atoms with Gasteiger partial charge in [-0.2, -0.15) is 0 Å². The molecule has 0 saturated carbocycles. The molecule has 3 aliphatic rings. The van der Waals surface area contributed by atoms with Crippen molar-refractivity contribution in [2.24, 2.45) is 0 Å². The number of hydrogen-bond donors (Lipinski definition) is 0. The van der Waals surface area contributed by atoms with Crippen molar-refractivity contribution in [3.63, 3.8) is 0 Å². The fourth-order valence-corrected chi connectivity index (χ4v) is 10.4. The molecule has 4 nitrogen and oxygen atoms in total. The first-order chi connectivity index (χ1) is 29.3. The summed E-state index contributed by atoms with van der Waals surface area (Å²) < 4.78 is 2.38. The molecule has 0 bridgehead atoms. The SMILES string of the molecule is C1=C2c3ccccc3Cc3cccc(c32)C2c3cc(-c4ccc5c(c4)c4ccccc4n5-c4ccccc4)ccc3N(c3nc(-c4ccccc4)c4ccccc4n3)C12. The molecule has 2 aromatic heterocycles. The molecule has 0 saturated heterocycles. The Kier molecular flexibility index (Phi) is 6.87. The number of nitrogens with zero attached hydrogens (tertiary/aromatic N) is 4. The molecule has 2 atom stereocenters. The summed E-state index contributed by atoms with van der Waals surface area (Å²) >= 11 is 0. The minimum Gasteiger partial charge on any atom is -0.309 e. The number of aromatic nitrogens is 3. The minimum atomic E-state index is -0.0275. The Morgan fingerprint density at radius 1 is 0.492 bits per heavy atom. The van der Waals surface area contributed by atoms with Gasteiger partial charge in [-0.15, -0.1) is 0 Å². The third-order valence-electron chi connectivity index (χ3n) is 12.9. The second kappa shape index (κ2) is 12.5. The summed E-state index contributed by atoms with van der Waals surface area (Å²) in [4.78, 5) is 13.3. The molecule has 276 valence electrons. The van der Waals surface area contributed by atoms with Gasteiger partial charge in [0.1, 0.15) is 0 Å². The maximum Gasteiger partial charge on any atom is 0.231 e. The molecule has 2 aliphatic carbocycles. The number of fused-ring (bicyclic) bond motifs is 10. The molecule has 4 heteroatoms. The lowest BCUT2D eigenvalue weighted by Gasteiger charge is -2.36. The third kappa shape index (κ3) is 4.77. The summed E-state index contributed by atoms with van der Waals surface area (Å²) in [5, 5.41) is 3.56. The first-order valence-corrected chi connectivity index (χ1v) is 20.5. The number of benzene rings is 8. The van der Waals surface area contributed by atoms with Crippen LogP contribution in [0.25, 0.3) is 66.4 Å². The maximum atomic E-state index is 5.48. The fraction of sp³-hybridized carbons (Fsp3) is 0.0545. The number of para-hydroxylation sites is 3. The smallest absolute Gasteiger partial charge is 0.231 e. The molecule has 59 heavy (non-hydrogen) atoms. The van der Waals surface area contributed by atoms with Gasteiger partial charge in [0.2, 0.25) is 5.95 Å². The van der Waals surface area contributed by atoms with Crippen molar-refractivity contribution in [3.8, 4) is 28.1 Å². The lowest BCUT2D eigenvalue weighted by molar-refractivity contribution is 0.707. The van der Waals surface area contributed by atoms with E-state index in [1.165, 1.54) is 77.6 Å². The lowest BCUT2D eigenvalue weighted by atomic mass is 9.71. The molecule has 13 rings (SSSR count). The zero-order valence-electron chi connectivity index (χ0n) is 32.1. The van der Waals surface area contributed by atoms with E-state index in [4.69, 9.17) is 9.97 Å². The highest BCUT2D eigenvalue weighted by molar-refractivity contribution is 6.10. The van der Waals surface area contributed by atoms with Gasteiger partial charge in [-0.1, -0.05) is 146 Å². The summed E-state index contributed by atoms with van der Waals surface area (Å²) in [6.07, 6.45) is 3.47. The van der Waals surface area contributed by atoms with Crippen LogP contribution in [0, 0.1) is 0 Å². The highest BCUT2D eigenvalue weighted by Crippen LogP contribution is 2.56. The van der Waals surface area contributed by atoms with Crippen molar-refractivity contribution >= 4 is 49.9 Å². The monoisotopic (exact) mass is 752 g/mol. The van der Waals surface area contributed by atoms with Crippen molar-refractivity contribution in [2.75, 3.05) is 4.90 Å². The molecule has 3 heterocycles. The highest BCUT2D eigenvalue weighted by atomic mass is 15.3. The summed E-state index contributed by atoms with van der Waals surface area (Å²) in [5.41, 5.74) is 19.6. The Morgan fingerprint density at radius 3 is 2.10 bits per heavy atom. The molecule has 1 aliphatic heterocycles. The molecule has 10 aromatic rings. The van der Waals surface area contributed by atoms with Gasteiger partial charge in [0.15, 0.2) is 0 Å². The number of hydrogen-bond acceptors (Lipinski definition) is 3. The van der Waals surface area contributed by atoms with Crippen LogP contribution in [0.1, 0.15) is 39.3 Å². The van der Waals surface area contributed by atoms with Gasteiger partial charge >= 0.3 is 0 Å². The van der Waals surface area contributed by atoms with Crippen LogP contribution in [0.3, 0.4) is 0 Å². The Balaban J connectivity index is 1.04. The molecule has 0 radical (unpaired) electrons. The second-order valence-corrected chi connectivity index (χ2v) is 16.1. The molecule has 2 unspecified atom stereocenters. The van der Waals surface area contributed by atoms with E-state index in [1.807, 2.05) is 0 Å². The van der Waals surface area contributed by atoms with Gasteiger partial charge < -0.3 is 9.47 Å². The van der Waals surface area contributed by atoms with Crippen LogP contribution in [0.2, 0.25) is 0 Å². The van der Waals surface area contributed by atoms with Crippen LogP contribution >= 0.6 is 0 Å². The summed E-state index contributed by atoms with van der Waals surface area (Å²) in [6, 6.07) is 68.4. The van der Waals surface area contributed by atoms with Crippen LogP contribution in [0.4, 0.5) is 11.6 Å². The van der Waals surface area contributed by atoms with E-state index < -0.39 is 0 Å². The van der Waals surface area contributed by atoms with Gasteiger partial charge in [0.05, 0.1) is 28.3 Å². The van der Waals surface area contributed by atoms with Gasteiger partial charge in [-0.05, 0) is 105 Å². The Bertz CT molecular complexity index is 3380. The summed E-state index contributed by atoms with van der Waals surface area (Å²) in [7, 11) is 0. The topological polar surface area (TPSA) is 34.0 Å². The van der Waals surface area contributed by atoms with Gasteiger partial charge in [0, 0.05) is 39.0 Å². The highest BCUT2D eigenvalue weighted by Gasteiger charge is 2.45. The van der Waals surface area contributed by atoms with Gasteiger partial charge in [-0.25, -0.2) is 9.97 Å². The Morgan fingerprint density at radius 2 is 1.20 bits per heavy atom. The summed E-state index contributed by atoms with van der Waals surface area (Å²) in [6.45, 7) is 0. The maximum absolute atomic E-state index is 5.48.